The van der Waals surface area contributed by atoms with E-state index >= 15 is 0 Å². The summed E-state index contributed by atoms with van der Waals surface area (Å²) in [5.74, 6) is 0.881. The van der Waals surface area contributed by atoms with Crippen LogP contribution in [0, 0.1) is 13.8 Å². The number of halogens is 1. The summed E-state index contributed by atoms with van der Waals surface area (Å²) in [5, 5.41) is 3.39. The number of hydrogen-bond acceptors (Lipinski definition) is 2. The van der Waals surface area contributed by atoms with Crippen molar-refractivity contribution in [2.24, 2.45) is 0 Å². The standard InChI is InChI=1S/C17H20BrNO/c1-11-9-14(10-12(2)16(11)18)17(19-3)13-5-7-15(20-4)8-6-13/h5-10,17,19H,1-4H3. The molecular weight excluding hydrogens is 314 g/mol. The second-order valence-corrected chi connectivity index (χ2v) is 5.76. The average Bonchev–Trinajstić information content (AvgIpc) is 2.46. The van der Waals surface area contributed by atoms with E-state index in [1.807, 2.05) is 19.2 Å². The minimum absolute atomic E-state index is 0.186. The van der Waals surface area contributed by atoms with Crippen LogP contribution >= 0.6 is 15.9 Å². The molecule has 1 atom stereocenters. The van der Waals surface area contributed by atoms with Crippen LogP contribution in [-0.4, -0.2) is 14.2 Å². The highest BCUT2D eigenvalue weighted by Crippen LogP contribution is 2.29. The van der Waals surface area contributed by atoms with Crippen molar-refractivity contribution in [3.63, 3.8) is 0 Å². The van der Waals surface area contributed by atoms with Crippen LogP contribution in [-0.2, 0) is 0 Å². The van der Waals surface area contributed by atoms with E-state index in [9.17, 15) is 0 Å². The Balaban J connectivity index is 2.41. The normalized spacial score (nSPS) is 12.2. The Bertz CT molecular complexity index is 569. The highest BCUT2D eigenvalue weighted by atomic mass is 79.9. The summed E-state index contributed by atoms with van der Waals surface area (Å²) in [6.45, 7) is 4.25. The van der Waals surface area contributed by atoms with Crippen LogP contribution in [0.3, 0.4) is 0 Å². The van der Waals surface area contributed by atoms with Crippen LogP contribution in [0.2, 0.25) is 0 Å². The second-order valence-electron chi connectivity index (χ2n) is 4.96. The Hall–Kier alpha value is -1.32. The van der Waals surface area contributed by atoms with Crippen molar-refractivity contribution in [2.45, 2.75) is 19.9 Å². The zero-order chi connectivity index (χ0) is 14.7. The van der Waals surface area contributed by atoms with Crippen molar-refractivity contribution < 1.29 is 4.74 Å². The molecule has 0 aliphatic heterocycles. The molecule has 0 saturated heterocycles. The van der Waals surface area contributed by atoms with Crippen LogP contribution in [0.1, 0.15) is 28.3 Å². The first-order valence-electron chi connectivity index (χ1n) is 6.64. The summed E-state index contributed by atoms with van der Waals surface area (Å²) < 4.78 is 6.40. The molecule has 3 heteroatoms. The third-order valence-electron chi connectivity index (χ3n) is 3.53. The van der Waals surface area contributed by atoms with Gasteiger partial charge < -0.3 is 10.1 Å². The van der Waals surface area contributed by atoms with E-state index in [1.54, 1.807) is 7.11 Å². The fourth-order valence-corrected chi connectivity index (χ4v) is 2.70. The summed E-state index contributed by atoms with van der Waals surface area (Å²) in [6.07, 6.45) is 0. The molecule has 0 fully saturated rings. The lowest BCUT2D eigenvalue weighted by Crippen LogP contribution is -2.18. The molecule has 0 radical (unpaired) electrons. The Labute approximate surface area is 129 Å². The lowest BCUT2D eigenvalue weighted by molar-refractivity contribution is 0.414. The van der Waals surface area contributed by atoms with Gasteiger partial charge in [-0.1, -0.05) is 40.2 Å². The van der Waals surface area contributed by atoms with Gasteiger partial charge in [-0.25, -0.2) is 0 Å². The van der Waals surface area contributed by atoms with E-state index in [-0.39, 0.29) is 6.04 Å². The fraction of sp³-hybridized carbons (Fsp3) is 0.294. The number of ether oxygens (including phenoxy) is 1. The molecule has 0 amide bonds. The van der Waals surface area contributed by atoms with E-state index in [1.165, 1.54) is 26.7 Å². The quantitative estimate of drug-likeness (QED) is 0.896. The lowest BCUT2D eigenvalue weighted by atomic mass is 9.95. The van der Waals surface area contributed by atoms with Gasteiger partial charge in [-0.3, -0.25) is 0 Å². The Morgan fingerprint density at radius 2 is 1.55 bits per heavy atom. The first-order chi connectivity index (χ1) is 9.56. The van der Waals surface area contributed by atoms with Gasteiger partial charge in [0.2, 0.25) is 0 Å². The van der Waals surface area contributed by atoms with E-state index in [4.69, 9.17) is 4.74 Å². The molecule has 0 saturated carbocycles. The number of nitrogens with one attached hydrogen (secondary N) is 1. The second kappa shape index (κ2) is 6.42. The predicted octanol–water partition coefficient (Wildman–Crippen LogP) is 4.38. The first kappa shape index (κ1) is 15.1. The molecule has 0 aliphatic carbocycles. The van der Waals surface area contributed by atoms with Gasteiger partial charge in [-0.05, 0) is 55.3 Å². The maximum Gasteiger partial charge on any atom is 0.118 e. The van der Waals surface area contributed by atoms with Gasteiger partial charge in [0.25, 0.3) is 0 Å². The number of rotatable bonds is 4. The largest absolute Gasteiger partial charge is 0.497 e. The molecule has 2 aromatic carbocycles. The zero-order valence-electron chi connectivity index (χ0n) is 12.3. The smallest absolute Gasteiger partial charge is 0.118 e. The third-order valence-corrected chi connectivity index (χ3v) is 4.78. The van der Waals surface area contributed by atoms with E-state index in [2.05, 4.69) is 59.4 Å². The summed E-state index contributed by atoms with van der Waals surface area (Å²) in [7, 11) is 3.67. The van der Waals surface area contributed by atoms with Crippen LogP contribution in [0.5, 0.6) is 5.75 Å². The summed E-state index contributed by atoms with van der Waals surface area (Å²) in [6, 6.07) is 12.8. The molecule has 1 N–H and O–H groups in total. The maximum absolute atomic E-state index is 5.22. The summed E-state index contributed by atoms with van der Waals surface area (Å²) >= 11 is 3.62. The Morgan fingerprint density at radius 3 is 2.00 bits per heavy atom. The molecule has 106 valence electrons. The van der Waals surface area contributed by atoms with Crippen LogP contribution in [0.25, 0.3) is 0 Å². The minimum Gasteiger partial charge on any atom is -0.497 e. The van der Waals surface area contributed by atoms with Crippen molar-refractivity contribution in [2.75, 3.05) is 14.2 Å². The zero-order valence-corrected chi connectivity index (χ0v) is 13.9. The molecule has 2 nitrogen and oxygen atoms in total. The summed E-state index contributed by atoms with van der Waals surface area (Å²) in [4.78, 5) is 0. The molecule has 2 aromatic rings. The first-order valence-corrected chi connectivity index (χ1v) is 7.44. The fourth-order valence-electron chi connectivity index (χ4n) is 2.47. The van der Waals surface area contributed by atoms with Crippen molar-refractivity contribution in [3.05, 3.63) is 63.1 Å². The van der Waals surface area contributed by atoms with Gasteiger partial charge in [0, 0.05) is 4.47 Å². The van der Waals surface area contributed by atoms with Gasteiger partial charge in [-0.2, -0.15) is 0 Å². The van der Waals surface area contributed by atoms with Crippen molar-refractivity contribution >= 4 is 15.9 Å². The van der Waals surface area contributed by atoms with Crippen LogP contribution in [0.15, 0.2) is 40.9 Å². The predicted molar refractivity (Wildman–Crippen MR) is 87.5 cm³/mol. The molecule has 0 spiro atoms. The van der Waals surface area contributed by atoms with Gasteiger partial charge in [-0.15, -0.1) is 0 Å². The number of hydrogen-bond donors (Lipinski definition) is 1. The molecule has 0 bridgehead atoms. The Morgan fingerprint density at radius 1 is 1.00 bits per heavy atom. The highest BCUT2D eigenvalue weighted by molar-refractivity contribution is 9.10. The van der Waals surface area contributed by atoms with E-state index < -0.39 is 0 Å². The molecular formula is C17H20BrNO. The number of aryl methyl sites for hydroxylation is 2. The average molecular weight is 334 g/mol. The number of benzene rings is 2. The van der Waals surface area contributed by atoms with Crippen molar-refractivity contribution in [1.82, 2.24) is 5.32 Å². The van der Waals surface area contributed by atoms with Gasteiger partial charge >= 0.3 is 0 Å². The summed E-state index contributed by atoms with van der Waals surface area (Å²) in [5.41, 5.74) is 5.02. The van der Waals surface area contributed by atoms with E-state index in [0.29, 0.717) is 0 Å². The van der Waals surface area contributed by atoms with Crippen molar-refractivity contribution in [1.29, 1.82) is 0 Å². The molecule has 0 heterocycles. The van der Waals surface area contributed by atoms with E-state index in [0.717, 1.165) is 5.75 Å². The van der Waals surface area contributed by atoms with Crippen molar-refractivity contribution in [3.8, 4) is 5.75 Å². The highest BCUT2D eigenvalue weighted by Gasteiger charge is 2.14. The third kappa shape index (κ3) is 3.05. The minimum atomic E-state index is 0.186. The molecule has 1 unspecified atom stereocenters. The maximum atomic E-state index is 5.22. The number of methoxy groups -OCH3 is 1. The molecule has 20 heavy (non-hydrogen) atoms. The topological polar surface area (TPSA) is 21.3 Å². The van der Waals surface area contributed by atoms with Crippen LogP contribution in [0.4, 0.5) is 0 Å². The molecule has 2 rings (SSSR count). The Kier molecular flexibility index (Phi) is 4.84. The molecule has 0 aromatic heterocycles. The van der Waals surface area contributed by atoms with Crippen LogP contribution < -0.4 is 10.1 Å². The molecule has 0 aliphatic rings. The van der Waals surface area contributed by atoms with Gasteiger partial charge in [0.15, 0.2) is 0 Å². The SMILES string of the molecule is CNC(c1ccc(OC)cc1)c1cc(C)c(Br)c(C)c1. The van der Waals surface area contributed by atoms with Gasteiger partial charge in [0.05, 0.1) is 13.2 Å². The lowest BCUT2D eigenvalue weighted by Gasteiger charge is -2.19. The monoisotopic (exact) mass is 333 g/mol. The van der Waals surface area contributed by atoms with Gasteiger partial charge in [0.1, 0.15) is 5.75 Å².